The number of hydrogen-bond donors (Lipinski definition) is 0. The number of carbonyl (C=O) groups is 1. The van der Waals surface area contributed by atoms with Gasteiger partial charge in [-0.15, -0.1) is 0 Å². The summed E-state index contributed by atoms with van der Waals surface area (Å²) in [4.78, 5) is 19.0. The molecule has 3 heterocycles. The van der Waals surface area contributed by atoms with Crippen LogP contribution in [-0.4, -0.2) is 22.4 Å². The average molecular weight is 346 g/mol. The zero-order valence-electron chi connectivity index (χ0n) is 14.2. The van der Waals surface area contributed by atoms with Crippen molar-refractivity contribution < 1.29 is 13.9 Å². The van der Waals surface area contributed by atoms with Crippen molar-refractivity contribution in [3.05, 3.63) is 89.6 Å². The molecule has 1 aliphatic heterocycles. The molecular formula is C21H18N2O3. The molecule has 26 heavy (non-hydrogen) atoms. The van der Waals surface area contributed by atoms with Gasteiger partial charge in [-0.1, -0.05) is 24.3 Å². The van der Waals surface area contributed by atoms with Gasteiger partial charge in [-0.2, -0.15) is 0 Å². The molecule has 0 radical (unpaired) electrons. The molecule has 1 amide bonds. The summed E-state index contributed by atoms with van der Waals surface area (Å²) < 4.78 is 11.2. The molecule has 2 aromatic heterocycles. The Morgan fingerprint density at radius 2 is 2.00 bits per heavy atom. The molecule has 0 saturated heterocycles. The van der Waals surface area contributed by atoms with Crippen LogP contribution in [-0.2, 0) is 17.9 Å². The van der Waals surface area contributed by atoms with E-state index in [2.05, 4.69) is 4.98 Å². The lowest BCUT2D eigenvalue weighted by Crippen LogP contribution is -2.33. The minimum absolute atomic E-state index is 0.0697. The molecule has 3 aromatic rings. The summed E-state index contributed by atoms with van der Waals surface area (Å²) in [6, 6.07) is 15.2. The molecule has 130 valence electrons. The van der Waals surface area contributed by atoms with Gasteiger partial charge in [-0.3, -0.25) is 9.78 Å². The lowest BCUT2D eigenvalue weighted by molar-refractivity contribution is -0.128. The van der Waals surface area contributed by atoms with Crippen LogP contribution in [0.25, 0.3) is 6.08 Å². The first-order valence-electron chi connectivity index (χ1n) is 8.42. The van der Waals surface area contributed by atoms with E-state index in [9.17, 15) is 4.79 Å². The molecule has 0 atom stereocenters. The monoisotopic (exact) mass is 346 g/mol. The second kappa shape index (κ2) is 7.27. The van der Waals surface area contributed by atoms with Crippen molar-refractivity contribution >= 4 is 12.0 Å². The summed E-state index contributed by atoms with van der Waals surface area (Å²) >= 11 is 0. The molecule has 5 nitrogen and oxygen atoms in total. The highest BCUT2D eigenvalue weighted by Crippen LogP contribution is 2.27. The summed E-state index contributed by atoms with van der Waals surface area (Å²) in [6.45, 7) is 1.10. The molecule has 0 N–H and O–H groups in total. The number of hydrogen-bond acceptors (Lipinski definition) is 4. The number of furan rings is 1. The number of amides is 1. The first kappa shape index (κ1) is 16.1. The van der Waals surface area contributed by atoms with Gasteiger partial charge in [0.05, 0.1) is 18.4 Å². The lowest BCUT2D eigenvalue weighted by atomic mass is 10.1. The fraction of sp³-hybridized carbons (Fsp3) is 0.143. The third-order valence-electron chi connectivity index (χ3n) is 4.22. The number of ether oxygens (including phenoxy) is 1. The van der Waals surface area contributed by atoms with Crippen LogP contribution in [0.5, 0.6) is 5.75 Å². The van der Waals surface area contributed by atoms with Crippen LogP contribution in [0.1, 0.15) is 16.9 Å². The molecule has 0 saturated carbocycles. The van der Waals surface area contributed by atoms with E-state index in [4.69, 9.17) is 9.15 Å². The first-order valence-corrected chi connectivity index (χ1v) is 8.42. The summed E-state index contributed by atoms with van der Waals surface area (Å²) in [7, 11) is 0. The van der Waals surface area contributed by atoms with Crippen molar-refractivity contribution in [2.24, 2.45) is 0 Å². The van der Waals surface area contributed by atoms with Crippen molar-refractivity contribution in [1.29, 1.82) is 0 Å². The smallest absolute Gasteiger partial charge is 0.253 e. The molecular weight excluding hydrogens is 328 g/mol. The SMILES string of the molecule is O=C(C1=Cc2ccccc2OC1)N(Cc1cccnc1)Cc1ccco1. The first-order chi connectivity index (χ1) is 12.8. The van der Waals surface area contributed by atoms with Gasteiger partial charge >= 0.3 is 0 Å². The Bertz CT molecular complexity index is 917. The van der Waals surface area contributed by atoms with Gasteiger partial charge in [0.25, 0.3) is 5.91 Å². The summed E-state index contributed by atoms with van der Waals surface area (Å²) in [5.74, 6) is 1.47. The maximum Gasteiger partial charge on any atom is 0.253 e. The predicted molar refractivity (Wildman–Crippen MR) is 97.1 cm³/mol. The molecule has 4 rings (SSSR count). The van der Waals surface area contributed by atoms with Gasteiger partial charge in [0.2, 0.25) is 0 Å². The highest BCUT2D eigenvalue weighted by atomic mass is 16.5. The number of para-hydroxylation sites is 1. The standard InChI is InChI=1S/C21H18N2O3/c24-21(18-11-17-6-1-2-8-20(17)26-15-18)23(14-19-7-4-10-25-19)13-16-5-3-9-22-12-16/h1-12H,13-15H2. The Balaban J connectivity index is 1.60. The fourth-order valence-electron chi connectivity index (χ4n) is 2.94. The van der Waals surface area contributed by atoms with Crippen molar-refractivity contribution in [2.45, 2.75) is 13.1 Å². The third-order valence-corrected chi connectivity index (χ3v) is 4.22. The van der Waals surface area contributed by atoms with Gasteiger partial charge in [0, 0.05) is 24.5 Å². The normalized spacial score (nSPS) is 12.7. The van der Waals surface area contributed by atoms with Gasteiger partial charge in [-0.05, 0) is 35.9 Å². The van der Waals surface area contributed by atoms with Crippen LogP contribution in [0.4, 0.5) is 0 Å². The third kappa shape index (κ3) is 3.52. The van der Waals surface area contributed by atoms with E-state index in [1.54, 1.807) is 23.6 Å². The van der Waals surface area contributed by atoms with E-state index in [0.29, 0.717) is 18.7 Å². The van der Waals surface area contributed by atoms with E-state index in [1.165, 1.54) is 0 Å². The van der Waals surface area contributed by atoms with Gasteiger partial charge in [0.15, 0.2) is 0 Å². The largest absolute Gasteiger partial charge is 0.488 e. The van der Waals surface area contributed by atoms with Gasteiger partial charge < -0.3 is 14.1 Å². The van der Waals surface area contributed by atoms with Crippen LogP contribution in [0.15, 0.2) is 77.2 Å². The number of aromatic nitrogens is 1. The van der Waals surface area contributed by atoms with Crippen molar-refractivity contribution in [3.63, 3.8) is 0 Å². The van der Waals surface area contributed by atoms with Crippen LogP contribution in [0, 0.1) is 0 Å². The lowest BCUT2D eigenvalue weighted by Gasteiger charge is -2.25. The highest BCUT2D eigenvalue weighted by Gasteiger charge is 2.23. The van der Waals surface area contributed by atoms with Crippen molar-refractivity contribution in [3.8, 4) is 5.75 Å². The topological polar surface area (TPSA) is 55.6 Å². The fourth-order valence-corrected chi connectivity index (χ4v) is 2.94. The van der Waals surface area contributed by atoms with Crippen molar-refractivity contribution in [2.75, 3.05) is 6.61 Å². The molecule has 5 heteroatoms. The number of benzene rings is 1. The molecule has 0 spiro atoms. The Morgan fingerprint density at radius 3 is 2.81 bits per heavy atom. The molecule has 0 bridgehead atoms. The minimum Gasteiger partial charge on any atom is -0.488 e. The summed E-state index contributed by atoms with van der Waals surface area (Å²) in [6.07, 6.45) is 7.00. The highest BCUT2D eigenvalue weighted by molar-refractivity contribution is 5.99. The van der Waals surface area contributed by atoms with Gasteiger partial charge in [-0.25, -0.2) is 0 Å². The van der Waals surface area contributed by atoms with E-state index in [-0.39, 0.29) is 12.5 Å². The van der Waals surface area contributed by atoms with Crippen LogP contribution in [0.2, 0.25) is 0 Å². The number of rotatable bonds is 5. The summed E-state index contributed by atoms with van der Waals surface area (Å²) in [5, 5.41) is 0. The van der Waals surface area contributed by atoms with Gasteiger partial charge in [0.1, 0.15) is 18.1 Å². The number of carbonyl (C=O) groups excluding carboxylic acids is 1. The number of nitrogens with zero attached hydrogens (tertiary/aromatic N) is 2. The Hall–Kier alpha value is -3.34. The molecule has 1 aromatic carbocycles. The second-order valence-electron chi connectivity index (χ2n) is 6.10. The Kier molecular flexibility index (Phi) is 4.51. The number of pyridine rings is 1. The maximum absolute atomic E-state index is 13.2. The molecule has 0 fully saturated rings. The second-order valence-corrected chi connectivity index (χ2v) is 6.10. The van der Waals surface area contributed by atoms with E-state index in [1.807, 2.05) is 54.6 Å². The quantitative estimate of drug-likeness (QED) is 0.707. The average Bonchev–Trinajstić information content (AvgIpc) is 3.20. The van der Waals surface area contributed by atoms with E-state index < -0.39 is 0 Å². The van der Waals surface area contributed by atoms with E-state index >= 15 is 0 Å². The zero-order chi connectivity index (χ0) is 17.8. The zero-order valence-corrected chi connectivity index (χ0v) is 14.2. The van der Waals surface area contributed by atoms with Crippen LogP contribution >= 0.6 is 0 Å². The van der Waals surface area contributed by atoms with E-state index in [0.717, 1.165) is 22.6 Å². The van der Waals surface area contributed by atoms with Crippen LogP contribution in [0.3, 0.4) is 0 Å². The van der Waals surface area contributed by atoms with Crippen molar-refractivity contribution in [1.82, 2.24) is 9.88 Å². The molecule has 0 unspecified atom stereocenters. The molecule has 0 aliphatic carbocycles. The molecule has 1 aliphatic rings. The predicted octanol–water partition coefficient (Wildman–Crippen LogP) is 3.68. The Morgan fingerprint density at radius 1 is 1.08 bits per heavy atom. The number of fused-ring (bicyclic) bond motifs is 1. The minimum atomic E-state index is -0.0697. The summed E-state index contributed by atoms with van der Waals surface area (Å²) in [5.41, 5.74) is 2.51. The van der Waals surface area contributed by atoms with Crippen LogP contribution < -0.4 is 4.74 Å². The Labute approximate surface area is 151 Å². The maximum atomic E-state index is 13.2.